The van der Waals surface area contributed by atoms with Crippen LogP contribution in [0.15, 0.2) is 24.3 Å². The van der Waals surface area contributed by atoms with E-state index in [0.717, 1.165) is 5.56 Å². The van der Waals surface area contributed by atoms with Crippen molar-refractivity contribution in [3.05, 3.63) is 35.4 Å². The fourth-order valence-electron chi connectivity index (χ4n) is 1.76. The van der Waals surface area contributed by atoms with E-state index in [9.17, 15) is 9.59 Å². The lowest BCUT2D eigenvalue weighted by Crippen LogP contribution is -2.36. The van der Waals surface area contributed by atoms with Gasteiger partial charge in [-0.25, -0.2) is 4.79 Å². The second-order valence-electron chi connectivity index (χ2n) is 6.38. The molecule has 0 spiro atoms. The summed E-state index contributed by atoms with van der Waals surface area (Å²) in [5, 5.41) is 2.84. The molecule has 0 saturated heterocycles. The first-order valence-electron chi connectivity index (χ1n) is 7.48. The smallest absolute Gasteiger partial charge is 0.410 e. The molecule has 0 aromatic heterocycles. The Morgan fingerprint density at radius 2 is 1.77 bits per heavy atom. The number of aryl methyl sites for hydroxylation is 1. The Labute approximate surface area is 132 Å². The first-order chi connectivity index (χ1) is 10.2. The molecule has 0 radical (unpaired) electrons. The zero-order chi connectivity index (χ0) is 16.8. The van der Waals surface area contributed by atoms with Crippen molar-refractivity contribution in [3.8, 4) is 0 Å². The van der Waals surface area contributed by atoms with E-state index in [2.05, 4.69) is 5.32 Å². The molecule has 0 aliphatic heterocycles. The zero-order valence-electron chi connectivity index (χ0n) is 14.1. The molecule has 0 unspecified atom stereocenters. The molecule has 2 amide bonds. The van der Waals surface area contributed by atoms with Gasteiger partial charge >= 0.3 is 6.09 Å². The third-order valence-electron chi connectivity index (χ3n) is 2.97. The van der Waals surface area contributed by atoms with Crippen LogP contribution in [0.1, 0.15) is 43.1 Å². The maximum atomic E-state index is 11.9. The number of amides is 2. The van der Waals surface area contributed by atoms with Crippen molar-refractivity contribution >= 4 is 12.0 Å². The van der Waals surface area contributed by atoms with Crippen molar-refractivity contribution in [1.82, 2.24) is 10.2 Å². The number of nitrogens with zero attached hydrogens (tertiary/aromatic N) is 1. The topological polar surface area (TPSA) is 58.6 Å². The molecule has 122 valence electrons. The number of ether oxygens (including phenoxy) is 1. The Morgan fingerprint density at radius 3 is 2.32 bits per heavy atom. The second-order valence-corrected chi connectivity index (χ2v) is 6.38. The van der Waals surface area contributed by atoms with Gasteiger partial charge in [-0.3, -0.25) is 4.79 Å². The molecule has 0 fully saturated rings. The van der Waals surface area contributed by atoms with Gasteiger partial charge < -0.3 is 15.0 Å². The Balaban J connectivity index is 2.28. The van der Waals surface area contributed by atoms with Crippen LogP contribution in [0.25, 0.3) is 0 Å². The maximum absolute atomic E-state index is 11.9. The van der Waals surface area contributed by atoms with Crippen molar-refractivity contribution in [3.63, 3.8) is 0 Å². The molecule has 0 atom stereocenters. The fourth-order valence-corrected chi connectivity index (χ4v) is 1.76. The van der Waals surface area contributed by atoms with Crippen LogP contribution in [0, 0.1) is 6.92 Å². The van der Waals surface area contributed by atoms with E-state index in [4.69, 9.17) is 4.74 Å². The van der Waals surface area contributed by atoms with Crippen molar-refractivity contribution in [1.29, 1.82) is 0 Å². The lowest BCUT2D eigenvalue weighted by molar-refractivity contribution is 0.0297. The number of carbonyl (C=O) groups excluding carboxylic acids is 2. The van der Waals surface area contributed by atoms with Gasteiger partial charge in [-0.2, -0.15) is 0 Å². The summed E-state index contributed by atoms with van der Waals surface area (Å²) in [4.78, 5) is 25.2. The minimum Gasteiger partial charge on any atom is -0.444 e. The molecule has 5 nitrogen and oxygen atoms in total. The summed E-state index contributed by atoms with van der Waals surface area (Å²) in [5.74, 6) is -0.0973. The van der Waals surface area contributed by atoms with Crippen molar-refractivity contribution < 1.29 is 14.3 Å². The first kappa shape index (κ1) is 18.0. The number of benzene rings is 1. The highest BCUT2D eigenvalue weighted by molar-refractivity contribution is 5.94. The molecule has 1 aromatic rings. The summed E-state index contributed by atoms with van der Waals surface area (Å²) >= 11 is 0. The van der Waals surface area contributed by atoms with Crippen LogP contribution in [0.5, 0.6) is 0 Å². The summed E-state index contributed by atoms with van der Waals surface area (Å²) in [7, 11) is 1.69. The molecule has 1 N–H and O–H groups in total. The van der Waals surface area contributed by atoms with Crippen LogP contribution in [-0.2, 0) is 4.74 Å². The number of hydrogen-bond acceptors (Lipinski definition) is 3. The Kier molecular flexibility index (Phi) is 6.40. The SMILES string of the molecule is Cc1ccc(C(=O)NCCCN(C)C(=O)OC(C)(C)C)cc1. The molecule has 0 aliphatic carbocycles. The third-order valence-corrected chi connectivity index (χ3v) is 2.97. The van der Waals surface area contributed by atoms with Crippen molar-refractivity contribution in [2.75, 3.05) is 20.1 Å². The lowest BCUT2D eigenvalue weighted by Gasteiger charge is -2.24. The minimum atomic E-state index is -0.495. The third kappa shape index (κ3) is 6.61. The van der Waals surface area contributed by atoms with E-state index in [1.54, 1.807) is 19.2 Å². The molecule has 0 bridgehead atoms. The van der Waals surface area contributed by atoms with Crippen LogP contribution in [0.2, 0.25) is 0 Å². The summed E-state index contributed by atoms with van der Waals surface area (Å²) < 4.78 is 5.26. The Bertz CT molecular complexity index is 504. The van der Waals surface area contributed by atoms with Gasteiger partial charge in [-0.1, -0.05) is 17.7 Å². The minimum absolute atomic E-state index is 0.0973. The maximum Gasteiger partial charge on any atom is 0.410 e. The van der Waals surface area contributed by atoms with Gasteiger partial charge in [0.15, 0.2) is 0 Å². The highest BCUT2D eigenvalue weighted by Crippen LogP contribution is 2.09. The Hall–Kier alpha value is -2.04. The van der Waals surface area contributed by atoms with E-state index < -0.39 is 5.60 Å². The monoisotopic (exact) mass is 306 g/mol. The average Bonchev–Trinajstić information content (AvgIpc) is 2.42. The largest absolute Gasteiger partial charge is 0.444 e. The summed E-state index contributed by atoms with van der Waals surface area (Å²) in [6.07, 6.45) is 0.324. The molecule has 1 aromatic carbocycles. The summed E-state index contributed by atoms with van der Waals surface area (Å²) in [5.41, 5.74) is 1.27. The normalized spacial score (nSPS) is 11.0. The molecule has 0 heterocycles. The van der Waals surface area contributed by atoms with Crippen molar-refractivity contribution in [2.24, 2.45) is 0 Å². The molecule has 0 aliphatic rings. The average molecular weight is 306 g/mol. The summed E-state index contributed by atoms with van der Waals surface area (Å²) in [6.45, 7) is 8.53. The van der Waals surface area contributed by atoms with Gasteiger partial charge in [0.1, 0.15) is 5.60 Å². The lowest BCUT2D eigenvalue weighted by atomic mass is 10.1. The van der Waals surface area contributed by atoms with E-state index in [1.807, 2.05) is 39.8 Å². The van der Waals surface area contributed by atoms with Crippen LogP contribution >= 0.6 is 0 Å². The molecular formula is C17H26N2O3. The standard InChI is InChI=1S/C17H26N2O3/c1-13-7-9-14(10-8-13)15(20)18-11-6-12-19(5)16(21)22-17(2,3)4/h7-10H,6,11-12H2,1-5H3,(H,18,20). The number of hydrogen-bond donors (Lipinski definition) is 1. The first-order valence-corrected chi connectivity index (χ1v) is 7.48. The van der Waals surface area contributed by atoms with Crippen LogP contribution in [0.4, 0.5) is 4.79 Å². The predicted molar refractivity (Wildman–Crippen MR) is 87.0 cm³/mol. The van der Waals surface area contributed by atoms with Gasteiger partial charge in [0.25, 0.3) is 5.91 Å². The quantitative estimate of drug-likeness (QED) is 0.851. The molecule has 22 heavy (non-hydrogen) atoms. The second kappa shape index (κ2) is 7.82. The summed E-state index contributed by atoms with van der Waals surface area (Å²) in [6, 6.07) is 7.42. The van der Waals surface area contributed by atoms with E-state index in [1.165, 1.54) is 4.90 Å². The zero-order valence-corrected chi connectivity index (χ0v) is 14.1. The number of rotatable bonds is 5. The molecular weight excluding hydrogens is 280 g/mol. The molecule has 0 saturated carbocycles. The van der Waals surface area contributed by atoms with Gasteiger partial charge in [-0.05, 0) is 46.2 Å². The van der Waals surface area contributed by atoms with Gasteiger partial charge in [0, 0.05) is 25.7 Å². The molecule has 1 rings (SSSR count). The van der Waals surface area contributed by atoms with Gasteiger partial charge in [0.05, 0.1) is 0 Å². The predicted octanol–water partition coefficient (Wildman–Crippen LogP) is 2.98. The van der Waals surface area contributed by atoms with Crippen LogP contribution in [-0.4, -0.2) is 42.6 Å². The number of nitrogens with one attached hydrogen (secondary N) is 1. The number of carbonyl (C=O) groups is 2. The van der Waals surface area contributed by atoms with E-state index >= 15 is 0 Å². The van der Waals surface area contributed by atoms with Crippen LogP contribution < -0.4 is 5.32 Å². The Morgan fingerprint density at radius 1 is 1.18 bits per heavy atom. The van der Waals surface area contributed by atoms with Crippen LogP contribution in [0.3, 0.4) is 0 Å². The van der Waals surface area contributed by atoms with E-state index in [0.29, 0.717) is 25.1 Å². The fraction of sp³-hybridized carbons (Fsp3) is 0.529. The highest BCUT2D eigenvalue weighted by atomic mass is 16.6. The van der Waals surface area contributed by atoms with Gasteiger partial charge in [-0.15, -0.1) is 0 Å². The molecule has 5 heteroatoms. The van der Waals surface area contributed by atoms with E-state index in [-0.39, 0.29) is 12.0 Å². The highest BCUT2D eigenvalue weighted by Gasteiger charge is 2.19. The van der Waals surface area contributed by atoms with Crippen molar-refractivity contribution in [2.45, 2.75) is 39.7 Å². The van der Waals surface area contributed by atoms with Gasteiger partial charge in [0.2, 0.25) is 0 Å².